The standard InChI is InChI=1S/C18H16ClN3O4S/c1-11(16(23)20-12-8-9-15(25-2)14(19)10-12)27-17-18(24)26-21-22(17)13-6-4-3-5-7-13/h3-11H,1-2H3,(H-,20,21,23,24). The van der Waals surface area contributed by atoms with E-state index in [1.807, 2.05) is 18.2 Å². The van der Waals surface area contributed by atoms with Crippen molar-refractivity contribution in [2.24, 2.45) is 0 Å². The minimum atomic E-state index is -0.601. The van der Waals surface area contributed by atoms with Gasteiger partial charge in [-0.3, -0.25) is 4.79 Å². The van der Waals surface area contributed by atoms with Crippen LogP contribution >= 0.6 is 23.4 Å². The van der Waals surface area contributed by atoms with Crippen LogP contribution in [0, 0.1) is 0 Å². The van der Waals surface area contributed by atoms with Gasteiger partial charge in [0.05, 0.1) is 22.7 Å². The summed E-state index contributed by atoms with van der Waals surface area (Å²) in [7, 11) is 1.51. The van der Waals surface area contributed by atoms with Crippen molar-refractivity contribution >= 4 is 35.0 Å². The van der Waals surface area contributed by atoms with E-state index in [2.05, 4.69) is 10.6 Å². The van der Waals surface area contributed by atoms with E-state index in [0.29, 0.717) is 22.1 Å². The molecule has 0 aliphatic heterocycles. The molecule has 1 N–H and O–H groups in total. The van der Waals surface area contributed by atoms with Crippen molar-refractivity contribution in [2.45, 2.75) is 17.2 Å². The van der Waals surface area contributed by atoms with E-state index in [4.69, 9.17) is 20.9 Å². The highest BCUT2D eigenvalue weighted by Crippen LogP contribution is 2.30. The van der Waals surface area contributed by atoms with Crippen LogP contribution in [-0.2, 0) is 4.79 Å². The number of hydrogen-bond acceptors (Lipinski definition) is 6. The number of methoxy groups -OCH3 is 1. The van der Waals surface area contributed by atoms with Gasteiger partial charge in [-0.25, -0.2) is 0 Å². The zero-order valence-corrected chi connectivity index (χ0v) is 16.1. The first-order valence-electron chi connectivity index (χ1n) is 7.95. The molecule has 1 heterocycles. The summed E-state index contributed by atoms with van der Waals surface area (Å²) in [6.45, 7) is 1.69. The Balaban J connectivity index is 1.74. The maximum Gasteiger partial charge on any atom is 0.298 e. The highest BCUT2D eigenvalue weighted by molar-refractivity contribution is 8.00. The smallest absolute Gasteiger partial charge is 0.298 e. The van der Waals surface area contributed by atoms with Crippen molar-refractivity contribution in [3.8, 4) is 17.4 Å². The lowest BCUT2D eigenvalue weighted by molar-refractivity contribution is -0.705. The third-order valence-electron chi connectivity index (χ3n) is 3.65. The molecule has 1 unspecified atom stereocenters. The first-order valence-corrected chi connectivity index (χ1v) is 9.21. The van der Waals surface area contributed by atoms with Crippen molar-refractivity contribution in [3.63, 3.8) is 0 Å². The van der Waals surface area contributed by atoms with Crippen LogP contribution in [0.2, 0.25) is 5.02 Å². The third-order valence-corrected chi connectivity index (χ3v) is 5.08. The van der Waals surface area contributed by atoms with E-state index >= 15 is 0 Å². The first-order chi connectivity index (χ1) is 13.0. The number of hydrogen-bond donors (Lipinski definition) is 1. The molecule has 0 bridgehead atoms. The second kappa shape index (κ2) is 8.32. The molecule has 1 amide bonds. The third kappa shape index (κ3) is 4.35. The average molecular weight is 406 g/mol. The molecule has 7 nitrogen and oxygen atoms in total. The number of halogens is 1. The number of nitrogens with one attached hydrogen (secondary N) is 1. The molecule has 9 heteroatoms. The van der Waals surface area contributed by atoms with Crippen molar-refractivity contribution in [3.05, 3.63) is 53.6 Å². The molecular formula is C18H16ClN3O4S. The van der Waals surface area contributed by atoms with E-state index in [9.17, 15) is 9.90 Å². The monoisotopic (exact) mass is 405 g/mol. The van der Waals surface area contributed by atoms with Gasteiger partial charge in [-0.05, 0) is 41.6 Å². The molecule has 0 aliphatic carbocycles. The number of ether oxygens (including phenoxy) is 1. The molecule has 0 saturated carbocycles. The second-order valence-corrected chi connectivity index (χ2v) is 7.25. The van der Waals surface area contributed by atoms with E-state index in [1.54, 1.807) is 37.3 Å². The Kier molecular flexibility index (Phi) is 5.88. The molecule has 0 fully saturated rings. The minimum Gasteiger partial charge on any atom is -0.538 e. The summed E-state index contributed by atoms with van der Waals surface area (Å²) in [4.78, 5) is 12.5. The Morgan fingerprint density at radius 2 is 2.07 bits per heavy atom. The highest BCUT2D eigenvalue weighted by atomic mass is 35.5. The van der Waals surface area contributed by atoms with Crippen LogP contribution in [0.4, 0.5) is 5.69 Å². The molecule has 1 atom stereocenters. The fourth-order valence-corrected chi connectivity index (χ4v) is 3.41. The Morgan fingerprint density at radius 3 is 2.74 bits per heavy atom. The summed E-state index contributed by atoms with van der Waals surface area (Å²) in [5, 5.41) is 18.6. The van der Waals surface area contributed by atoms with Crippen molar-refractivity contribution in [2.75, 3.05) is 12.4 Å². The number of para-hydroxylation sites is 1. The van der Waals surface area contributed by atoms with Crippen LogP contribution in [0.3, 0.4) is 0 Å². The number of amides is 1. The predicted octanol–water partition coefficient (Wildman–Crippen LogP) is 2.81. The number of carbonyl (C=O) groups is 1. The largest absolute Gasteiger partial charge is 0.538 e. The number of benzene rings is 2. The van der Waals surface area contributed by atoms with E-state index in [0.717, 1.165) is 11.8 Å². The average Bonchev–Trinajstić information content (AvgIpc) is 3.03. The summed E-state index contributed by atoms with van der Waals surface area (Å²) in [5.41, 5.74) is 1.20. The van der Waals surface area contributed by atoms with Crippen molar-refractivity contribution in [1.82, 2.24) is 5.27 Å². The fourth-order valence-electron chi connectivity index (χ4n) is 2.28. The summed E-state index contributed by atoms with van der Waals surface area (Å²) in [6.07, 6.45) is 0. The number of rotatable bonds is 6. The molecule has 3 rings (SSSR count). The van der Waals surface area contributed by atoms with Crippen LogP contribution < -0.4 is 19.8 Å². The molecular weight excluding hydrogens is 390 g/mol. The number of carbonyl (C=O) groups excluding carboxylic acids is 1. The van der Waals surface area contributed by atoms with E-state index in [-0.39, 0.29) is 10.9 Å². The zero-order chi connectivity index (χ0) is 19.4. The van der Waals surface area contributed by atoms with Gasteiger partial charge in [-0.15, -0.1) is 0 Å². The van der Waals surface area contributed by atoms with Gasteiger partial charge in [-0.2, -0.15) is 0 Å². The first kappa shape index (κ1) is 19.1. The molecule has 0 aliphatic rings. The fraction of sp³-hybridized carbons (Fsp3) is 0.167. The summed E-state index contributed by atoms with van der Waals surface area (Å²) < 4.78 is 11.2. The molecule has 3 aromatic rings. The van der Waals surface area contributed by atoms with Crippen LogP contribution in [0.5, 0.6) is 11.7 Å². The Bertz CT molecular complexity index is 949. The molecule has 2 aromatic carbocycles. The van der Waals surface area contributed by atoms with Crippen LogP contribution in [0.15, 0.2) is 58.1 Å². The maximum absolute atomic E-state index is 12.5. The molecule has 1 aromatic heterocycles. The Hall–Kier alpha value is -2.71. The number of anilines is 1. The zero-order valence-electron chi connectivity index (χ0n) is 14.5. The number of nitrogens with zero attached hydrogens (tertiary/aromatic N) is 2. The Morgan fingerprint density at radius 1 is 1.33 bits per heavy atom. The van der Waals surface area contributed by atoms with Crippen molar-refractivity contribution in [1.29, 1.82) is 0 Å². The van der Waals surface area contributed by atoms with Gasteiger partial charge in [0.2, 0.25) is 11.6 Å². The number of aromatic nitrogens is 2. The summed E-state index contributed by atoms with van der Waals surface area (Å²) in [5.74, 6) is -0.376. The van der Waals surface area contributed by atoms with Crippen LogP contribution in [0.1, 0.15) is 6.92 Å². The van der Waals surface area contributed by atoms with Crippen LogP contribution in [0.25, 0.3) is 5.69 Å². The SMILES string of the molecule is COc1ccc(NC(=O)C(C)Sc2c([O-])on[n+]2-c2ccccc2)cc1Cl. The summed E-state index contributed by atoms with van der Waals surface area (Å²) >= 11 is 7.13. The minimum absolute atomic E-state index is 0.219. The van der Waals surface area contributed by atoms with E-state index < -0.39 is 11.2 Å². The normalized spacial score (nSPS) is 11.8. The van der Waals surface area contributed by atoms with Crippen molar-refractivity contribution < 1.29 is 23.8 Å². The van der Waals surface area contributed by atoms with Gasteiger partial charge in [0, 0.05) is 17.8 Å². The molecule has 0 saturated heterocycles. The number of thioether (sulfide) groups is 1. The van der Waals surface area contributed by atoms with Gasteiger partial charge in [0.25, 0.3) is 5.03 Å². The van der Waals surface area contributed by atoms with Gasteiger partial charge in [0.1, 0.15) is 5.75 Å². The Labute approximate surface area is 164 Å². The lowest BCUT2D eigenvalue weighted by Crippen LogP contribution is -2.36. The van der Waals surface area contributed by atoms with Gasteiger partial charge in [-0.1, -0.05) is 29.8 Å². The molecule has 0 spiro atoms. The maximum atomic E-state index is 12.5. The lowest BCUT2D eigenvalue weighted by Gasteiger charge is -2.11. The van der Waals surface area contributed by atoms with Gasteiger partial charge in [0.15, 0.2) is 5.95 Å². The molecule has 140 valence electrons. The van der Waals surface area contributed by atoms with Gasteiger partial charge < -0.3 is 19.7 Å². The molecule has 27 heavy (non-hydrogen) atoms. The predicted molar refractivity (Wildman–Crippen MR) is 99.4 cm³/mol. The quantitative estimate of drug-likeness (QED) is 0.501. The molecule has 0 radical (unpaired) electrons. The second-order valence-electron chi connectivity index (χ2n) is 5.51. The lowest BCUT2D eigenvalue weighted by atomic mass is 10.3. The highest BCUT2D eigenvalue weighted by Gasteiger charge is 2.26. The topological polar surface area (TPSA) is 91.3 Å². The van der Waals surface area contributed by atoms with Crippen LogP contribution in [-0.4, -0.2) is 23.5 Å². The van der Waals surface area contributed by atoms with Gasteiger partial charge >= 0.3 is 0 Å². The summed E-state index contributed by atoms with van der Waals surface area (Å²) in [6, 6.07) is 14.0. The van der Waals surface area contributed by atoms with E-state index in [1.165, 1.54) is 11.8 Å².